The Bertz CT molecular complexity index is 239. The first-order valence-corrected chi connectivity index (χ1v) is 9.94. The second kappa shape index (κ2) is 14.3. The summed E-state index contributed by atoms with van der Waals surface area (Å²) < 4.78 is 1.07. The first-order chi connectivity index (χ1) is 10.5. The zero-order chi connectivity index (χ0) is 16.7. The van der Waals surface area contributed by atoms with Gasteiger partial charge >= 0.3 is 0 Å². The first-order valence-electron chi connectivity index (χ1n) is 9.94. The molecule has 0 saturated heterocycles. The van der Waals surface area contributed by atoms with E-state index in [1.165, 1.54) is 83.5 Å². The van der Waals surface area contributed by atoms with Crippen molar-refractivity contribution in [1.82, 2.24) is 0 Å². The van der Waals surface area contributed by atoms with Gasteiger partial charge in [0.2, 0.25) is 0 Å². The molecule has 0 N–H and O–H groups in total. The molecule has 0 aliphatic rings. The standard InChI is InChI=1S/C21H44N/c1-6-8-9-10-11-12-13-14-15-16-17-18-20-21(19-7-2)22(3,4)5/h7,21H,2,6,8-20H2,1,3-5H3/q+1. The van der Waals surface area contributed by atoms with Crippen LogP contribution in [0.3, 0.4) is 0 Å². The Hall–Kier alpha value is -0.300. The van der Waals surface area contributed by atoms with Crippen molar-refractivity contribution in [1.29, 1.82) is 0 Å². The van der Waals surface area contributed by atoms with E-state index < -0.39 is 0 Å². The highest BCUT2D eigenvalue weighted by molar-refractivity contribution is 4.73. The Kier molecular flexibility index (Phi) is 14.1. The lowest BCUT2D eigenvalue weighted by Gasteiger charge is -2.33. The van der Waals surface area contributed by atoms with Crippen LogP contribution < -0.4 is 0 Å². The lowest BCUT2D eigenvalue weighted by molar-refractivity contribution is -0.896. The van der Waals surface area contributed by atoms with Gasteiger partial charge in [-0.3, -0.25) is 0 Å². The number of quaternary nitrogens is 1. The molecule has 0 radical (unpaired) electrons. The van der Waals surface area contributed by atoms with Crippen LogP contribution in [0.15, 0.2) is 12.7 Å². The van der Waals surface area contributed by atoms with E-state index in [1.54, 1.807) is 0 Å². The summed E-state index contributed by atoms with van der Waals surface area (Å²) in [4.78, 5) is 0. The molecule has 0 aliphatic heterocycles. The molecule has 0 fully saturated rings. The zero-order valence-corrected chi connectivity index (χ0v) is 16.2. The molecule has 1 nitrogen and oxygen atoms in total. The third-order valence-corrected chi connectivity index (χ3v) is 4.93. The minimum Gasteiger partial charge on any atom is -0.328 e. The number of nitrogens with zero attached hydrogens (tertiary/aromatic N) is 1. The number of hydrogen-bond acceptors (Lipinski definition) is 0. The lowest BCUT2D eigenvalue weighted by Crippen LogP contribution is -2.44. The van der Waals surface area contributed by atoms with E-state index >= 15 is 0 Å². The summed E-state index contributed by atoms with van der Waals surface area (Å²) in [5, 5.41) is 0. The quantitative estimate of drug-likeness (QED) is 0.168. The van der Waals surface area contributed by atoms with E-state index in [0.29, 0.717) is 0 Å². The van der Waals surface area contributed by atoms with Crippen molar-refractivity contribution in [2.45, 2.75) is 103 Å². The fourth-order valence-electron chi connectivity index (χ4n) is 3.23. The number of rotatable bonds is 16. The summed E-state index contributed by atoms with van der Waals surface area (Å²) in [6.07, 6.45) is 21.9. The molecule has 0 aromatic carbocycles. The van der Waals surface area contributed by atoms with Crippen LogP contribution in [0.2, 0.25) is 0 Å². The molecule has 1 unspecified atom stereocenters. The van der Waals surface area contributed by atoms with E-state index in [-0.39, 0.29) is 0 Å². The second-order valence-corrected chi connectivity index (χ2v) is 7.97. The summed E-state index contributed by atoms with van der Waals surface area (Å²) >= 11 is 0. The summed E-state index contributed by atoms with van der Waals surface area (Å²) in [6.45, 7) is 6.21. The number of hydrogen-bond donors (Lipinski definition) is 0. The van der Waals surface area contributed by atoms with Crippen LogP contribution in [0, 0.1) is 0 Å². The molecule has 22 heavy (non-hydrogen) atoms. The third kappa shape index (κ3) is 13.4. The van der Waals surface area contributed by atoms with Gasteiger partial charge in [-0.05, 0) is 12.8 Å². The molecule has 1 atom stereocenters. The van der Waals surface area contributed by atoms with Gasteiger partial charge in [0.05, 0.1) is 27.2 Å². The second-order valence-electron chi connectivity index (χ2n) is 7.97. The highest BCUT2D eigenvalue weighted by atomic mass is 15.3. The van der Waals surface area contributed by atoms with Crippen molar-refractivity contribution < 1.29 is 4.48 Å². The van der Waals surface area contributed by atoms with Crippen LogP contribution >= 0.6 is 0 Å². The topological polar surface area (TPSA) is 0 Å². The number of unbranched alkanes of at least 4 members (excludes halogenated alkanes) is 11. The molecule has 0 spiro atoms. The minimum atomic E-state index is 0.751. The summed E-state index contributed by atoms with van der Waals surface area (Å²) in [5.74, 6) is 0. The third-order valence-electron chi connectivity index (χ3n) is 4.93. The van der Waals surface area contributed by atoms with Crippen molar-refractivity contribution >= 4 is 0 Å². The van der Waals surface area contributed by atoms with Crippen LogP contribution in [-0.2, 0) is 0 Å². The summed E-state index contributed by atoms with van der Waals surface area (Å²) in [5.41, 5.74) is 0. The average Bonchev–Trinajstić information content (AvgIpc) is 2.46. The van der Waals surface area contributed by atoms with Crippen LogP contribution in [0.4, 0.5) is 0 Å². The van der Waals surface area contributed by atoms with Crippen molar-refractivity contribution in [3.8, 4) is 0 Å². The SMILES string of the molecule is C=CCC(CCCCCCCCCCCCCC)[N+](C)(C)C. The highest BCUT2D eigenvalue weighted by Crippen LogP contribution is 2.18. The molecule has 0 heterocycles. The molecule has 0 aromatic rings. The highest BCUT2D eigenvalue weighted by Gasteiger charge is 2.21. The minimum absolute atomic E-state index is 0.751. The smallest absolute Gasteiger partial charge is 0.0918 e. The van der Waals surface area contributed by atoms with Gasteiger partial charge in [0, 0.05) is 6.42 Å². The maximum Gasteiger partial charge on any atom is 0.0918 e. The van der Waals surface area contributed by atoms with Crippen molar-refractivity contribution in [3.05, 3.63) is 12.7 Å². The van der Waals surface area contributed by atoms with Gasteiger partial charge in [0.1, 0.15) is 0 Å². The predicted octanol–water partition coefficient (Wildman–Crippen LogP) is 6.73. The van der Waals surface area contributed by atoms with Gasteiger partial charge in [0.15, 0.2) is 0 Å². The maximum atomic E-state index is 3.91. The Labute approximate surface area is 141 Å². The molecule has 0 bridgehead atoms. The molecule has 0 aliphatic carbocycles. The normalized spacial score (nSPS) is 13.3. The lowest BCUT2D eigenvalue weighted by atomic mass is 10.0. The van der Waals surface area contributed by atoms with Gasteiger partial charge in [-0.2, -0.15) is 0 Å². The van der Waals surface area contributed by atoms with Crippen molar-refractivity contribution in [2.24, 2.45) is 0 Å². The Morgan fingerprint density at radius 3 is 1.50 bits per heavy atom. The summed E-state index contributed by atoms with van der Waals surface area (Å²) in [7, 11) is 6.94. The largest absolute Gasteiger partial charge is 0.328 e. The van der Waals surface area contributed by atoms with Gasteiger partial charge in [-0.15, -0.1) is 6.58 Å². The first kappa shape index (κ1) is 21.7. The van der Waals surface area contributed by atoms with Gasteiger partial charge in [-0.1, -0.05) is 83.6 Å². The van der Waals surface area contributed by atoms with E-state index in [2.05, 4.69) is 40.7 Å². The van der Waals surface area contributed by atoms with Gasteiger partial charge in [-0.25, -0.2) is 0 Å². The molecule has 132 valence electrons. The van der Waals surface area contributed by atoms with E-state index in [4.69, 9.17) is 0 Å². The van der Waals surface area contributed by atoms with Crippen LogP contribution in [0.1, 0.15) is 96.8 Å². The van der Waals surface area contributed by atoms with Crippen LogP contribution in [0.5, 0.6) is 0 Å². The van der Waals surface area contributed by atoms with E-state index in [9.17, 15) is 0 Å². The molecule has 0 rings (SSSR count). The molecular weight excluding hydrogens is 266 g/mol. The fraction of sp³-hybridized carbons (Fsp3) is 0.905. The Morgan fingerprint density at radius 1 is 0.727 bits per heavy atom. The Morgan fingerprint density at radius 2 is 1.14 bits per heavy atom. The van der Waals surface area contributed by atoms with Crippen LogP contribution in [-0.4, -0.2) is 31.7 Å². The predicted molar refractivity (Wildman–Crippen MR) is 102 cm³/mol. The van der Waals surface area contributed by atoms with Gasteiger partial charge < -0.3 is 4.48 Å². The monoisotopic (exact) mass is 310 g/mol. The molecular formula is C21H44N+. The van der Waals surface area contributed by atoms with Crippen molar-refractivity contribution in [2.75, 3.05) is 21.1 Å². The van der Waals surface area contributed by atoms with Crippen LogP contribution in [0.25, 0.3) is 0 Å². The molecule has 0 aromatic heterocycles. The Balaban J connectivity index is 3.37. The van der Waals surface area contributed by atoms with Crippen molar-refractivity contribution in [3.63, 3.8) is 0 Å². The van der Waals surface area contributed by atoms with Gasteiger partial charge in [0.25, 0.3) is 0 Å². The fourth-order valence-corrected chi connectivity index (χ4v) is 3.23. The average molecular weight is 311 g/mol. The van der Waals surface area contributed by atoms with E-state index in [1.807, 2.05) is 0 Å². The molecule has 0 saturated carbocycles. The zero-order valence-electron chi connectivity index (χ0n) is 16.2. The maximum absolute atomic E-state index is 3.91. The molecule has 1 heteroatoms. The van der Waals surface area contributed by atoms with E-state index in [0.717, 1.165) is 16.9 Å². The summed E-state index contributed by atoms with van der Waals surface area (Å²) in [6, 6.07) is 0.751. The molecule has 0 amide bonds.